The molecular formula is C19H20F3N3O4. The number of ether oxygens (including phenoxy) is 2. The standard InChI is InChI=1S/C19H20F3N3O4/c20-19(21,22)29-16-4-3-15(24-8-16)6-18(27)25(9-13-11-28-12-13)10-17(26)14-2-1-5-23-7-14/h1-5,7-8,13,17,26H,6,9-12H2. The predicted molar refractivity (Wildman–Crippen MR) is 94.7 cm³/mol. The SMILES string of the molecule is O=C(Cc1ccc(OC(F)(F)F)cn1)N(CC1COC1)CC(O)c1cccnc1. The van der Waals surface area contributed by atoms with E-state index in [0.29, 0.717) is 31.0 Å². The summed E-state index contributed by atoms with van der Waals surface area (Å²) in [6.45, 7) is 1.55. The molecule has 0 saturated carbocycles. The summed E-state index contributed by atoms with van der Waals surface area (Å²) in [5.41, 5.74) is 0.886. The maximum Gasteiger partial charge on any atom is 0.573 e. The van der Waals surface area contributed by atoms with Crippen molar-refractivity contribution in [3.8, 4) is 5.75 Å². The summed E-state index contributed by atoms with van der Waals surface area (Å²) in [5, 5.41) is 10.5. The van der Waals surface area contributed by atoms with Gasteiger partial charge in [-0.25, -0.2) is 0 Å². The van der Waals surface area contributed by atoms with Crippen LogP contribution in [-0.4, -0.2) is 58.5 Å². The third-order valence-electron chi connectivity index (χ3n) is 4.36. The van der Waals surface area contributed by atoms with E-state index in [9.17, 15) is 23.1 Å². The van der Waals surface area contributed by atoms with E-state index in [4.69, 9.17) is 4.74 Å². The molecule has 0 radical (unpaired) electrons. The Balaban J connectivity index is 1.64. The number of nitrogens with zero attached hydrogens (tertiary/aromatic N) is 3. The van der Waals surface area contributed by atoms with E-state index in [1.54, 1.807) is 18.3 Å². The predicted octanol–water partition coefficient (Wildman–Crippen LogP) is 2.13. The Labute approximate surface area is 165 Å². The highest BCUT2D eigenvalue weighted by molar-refractivity contribution is 5.78. The van der Waals surface area contributed by atoms with Gasteiger partial charge in [-0.1, -0.05) is 6.07 Å². The lowest BCUT2D eigenvalue weighted by atomic mass is 10.1. The minimum Gasteiger partial charge on any atom is -0.404 e. The molecule has 0 aromatic carbocycles. The summed E-state index contributed by atoms with van der Waals surface area (Å²) in [6.07, 6.45) is -1.79. The van der Waals surface area contributed by atoms with E-state index < -0.39 is 18.2 Å². The number of pyridine rings is 2. The summed E-state index contributed by atoms with van der Waals surface area (Å²) < 4.78 is 45.6. The number of amides is 1. The largest absolute Gasteiger partial charge is 0.573 e. The smallest absolute Gasteiger partial charge is 0.404 e. The molecule has 3 rings (SSSR count). The maximum atomic E-state index is 12.8. The van der Waals surface area contributed by atoms with Gasteiger partial charge in [0.2, 0.25) is 5.91 Å². The molecule has 3 heterocycles. The first-order chi connectivity index (χ1) is 13.8. The lowest BCUT2D eigenvalue weighted by Gasteiger charge is -2.33. The molecular weight excluding hydrogens is 391 g/mol. The van der Waals surface area contributed by atoms with Gasteiger partial charge in [-0.2, -0.15) is 0 Å². The van der Waals surface area contributed by atoms with Crippen molar-refractivity contribution in [3.63, 3.8) is 0 Å². The zero-order valence-electron chi connectivity index (χ0n) is 15.4. The fourth-order valence-corrected chi connectivity index (χ4v) is 2.84. The highest BCUT2D eigenvalue weighted by Gasteiger charge is 2.31. The third-order valence-corrected chi connectivity index (χ3v) is 4.36. The van der Waals surface area contributed by atoms with Crippen LogP contribution in [0.15, 0.2) is 42.9 Å². The second-order valence-corrected chi connectivity index (χ2v) is 6.71. The molecule has 10 heteroatoms. The Morgan fingerprint density at radius 1 is 1.31 bits per heavy atom. The molecule has 1 amide bonds. The Morgan fingerprint density at radius 2 is 2.10 bits per heavy atom. The normalized spacial score (nSPS) is 15.4. The second-order valence-electron chi connectivity index (χ2n) is 6.71. The molecule has 2 aromatic heterocycles. The quantitative estimate of drug-likeness (QED) is 0.717. The van der Waals surface area contributed by atoms with Gasteiger partial charge in [-0.05, 0) is 18.2 Å². The fraction of sp³-hybridized carbons (Fsp3) is 0.421. The van der Waals surface area contributed by atoms with Crippen LogP contribution in [0.25, 0.3) is 0 Å². The van der Waals surface area contributed by atoms with Gasteiger partial charge < -0.3 is 19.5 Å². The monoisotopic (exact) mass is 411 g/mol. The molecule has 2 aromatic rings. The van der Waals surface area contributed by atoms with Crippen LogP contribution in [0.3, 0.4) is 0 Å². The molecule has 1 saturated heterocycles. The molecule has 0 bridgehead atoms. The van der Waals surface area contributed by atoms with Crippen molar-refractivity contribution in [2.24, 2.45) is 5.92 Å². The van der Waals surface area contributed by atoms with Crippen LogP contribution in [0.4, 0.5) is 13.2 Å². The number of aliphatic hydroxyl groups is 1. The van der Waals surface area contributed by atoms with E-state index >= 15 is 0 Å². The number of rotatable bonds is 8. The number of carbonyl (C=O) groups excluding carboxylic acids is 1. The number of aromatic nitrogens is 2. The van der Waals surface area contributed by atoms with Crippen molar-refractivity contribution in [2.45, 2.75) is 18.9 Å². The van der Waals surface area contributed by atoms with Crippen LogP contribution in [0, 0.1) is 5.92 Å². The van der Waals surface area contributed by atoms with E-state index in [1.807, 2.05) is 0 Å². The average molecular weight is 411 g/mol. The average Bonchev–Trinajstić information content (AvgIpc) is 2.64. The number of halogens is 3. The Bertz CT molecular complexity index is 799. The first kappa shape index (κ1) is 21.0. The molecule has 1 N–H and O–H groups in total. The van der Waals surface area contributed by atoms with E-state index in [2.05, 4.69) is 14.7 Å². The summed E-state index contributed by atoms with van der Waals surface area (Å²) in [4.78, 5) is 22.1. The van der Waals surface area contributed by atoms with Gasteiger partial charge in [0.1, 0.15) is 5.75 Å². The molecule has 0 spiro atoms. The Kier molecular flexibility index (Phi) is 6.65. The van der Waals surface area contributed by atoms with Crippen LogP contribution < -0.4 is 4.74 Å². The van der Waals surface area contributed by atoms with Gasteiger partial charge in [0.05, 0.1) is 38.5 Å². The number of hydrogen-bond acceptors (Lipinski definition) is 6. The lowest BCUT2D eigenvalue weighted by molar-refractivity contribution is -0.274. The topological polar surface area (TPSA) is 84.8 Å². The van der Waals surface area contributed by atoms with Crippen LogP contribution >= 0.6 is 0 Å². The van der Waals surface area contributed by atoms with Crippen molar-refractivity contribution >= 4 is 5.91 Å². The highest BCUT2D eigenvalue weighted by atomic mass is 19.4. The zero-order chi connectivity index (χ0) is 20.9. The minimum atomic E-state index is -4.80. The third kappa shape index (κ3) is 6.40. The molecule has 1 aliphatic heterocycles. The van der Waals surface area contributed by atoms with Gasteiger partial charge in [0.25, 0.3) is 0 Å². The molecule has 156 valence electrons. The van der Waals surface area contributed by atoms with Gasteiger partial charge in [0.15, 0.2) is 0 Å². The molecule has 1 unspecified atom stereocenters. The fourth-order valence-electron chi connectivity index (χ4n) is 2.84. The highest BCUT2D eigenvalue weighted by Crippen LogP contribution is 2.22. The number of carbonyl (C=O) groups is 1. The maximum absolute atomic E-state index is 12.8. The molecule has 1 fully saturated rings. The molecule has 0 aliphatic carbocycles. The van der Waals surface area contributed by atoms with Crippen LogP contribution in [0.1, 0.15) is 17.4 Å². The van der Waals surface area contributed by atoms with Crippen molar-refractivity contribution < 1.29 is 32.5 Å². The van der Waals surface area contributed by atoms with E-state index in [1.165, 1.54) is 17.2 Å². The van der Waals surface area contributed by atoms with E-state index in [0.717, 1.165) is 12.3 Å². The molecule has 7 nitrogen and oxygen atoms in total. The van der Waals surface area contributed by atoms with Crippen molar-refractivity contribution in [2.75, 3.05) is 26.3 Å². The number of aliphatic hydroxyl groups excluding tert-OH is 1. The summed E-state index contributed by atoms with van der Waals surface area (Å²) in [7, 11) is 0. The first-order valence-electron chi connectivity index (χ1n) is 8.94. The van der Waals surface area contributed by atoms with Gasteiger partial charge in [-0.3, -0.25) is 14.8 Å². The number of hydrogen-bond donors (Lipinski definition) is 1. The van der Waals surface area contributed by atoms with Gasteiger partial charge >= 0.3 is 6.36 Å². The summed E-state index contributed by atoms with van der Waals surface area (Å²) in [6, 6.07) is 5.82. The van der Waals surface area contributed by atoms with Crippen molar-refractivity contribution in [3.05, 3.63) is 54.1 Å². The summed E-state index contributed by atoms with van der Waals surface area (Å²) in [5.74, 6) is -0.573. The molecule has 1 aliphatic rings. The zero-order valence-corrected chi connectivity index (χ0v) is 15.4. The van der Waals surface area contributed by atoms with Crippen molar-refractivity contribution in [1.29, 1.82) is 0 Å². The van der Waals surface area contributed by atoms with Gasteiger partial charge in [-0.15, -0.1) is 13.2 Å². The molecule has 29 heavy (non-hydrogen) atoms. The van der Waals surface area contributed by atoms with E-state index in [-0.39, 0.29) is 24.8 Å². The Morgan fingerprint density at radius 3 is 2.66 bits per heavy atom. The molecule has 1 atom stereocenters. The van der Waals surface area contributed by atoms with Crippen molar-refractivity contribution in [1.82, 2.24) is 14.9 Å². The number of alkyl halides is 3. The van der Waals surface area contributed by atoms with Gasteiger partial charge in [0, 0.05) is 36.1 Å². The lowest BCUT2D eigenvalue weighted by Crippen LogP contribution is -2.44. The second kappa shape index (κ2) is 9.19. The van der Waals surface area contributed by atoms with Crippen LogP contribution in [-0.2, 0) is 16.0 Å². The minimum absolute atomic E-state index is 0.0658. The van der Waals surface area contributed by atoms with Crippen LogP contribution in [0.2, 0.25) is 0 Å². The Hall–Kier alpha value is -2.72. The summed E-state index contributed by atoms with van der Waals surface area (Å²) >= 11 is 0. The van der Waals surface area contributed by atoms with Crippen LogP contribution in [0.5, 0.6) is 5.75 Å². The first-order valence-corrected chi connectivity index (χ1v) is 8.94.